The van der Waals surface area contributed by atoms with Crippen LogP contribution in [0.1, 0.15) is 22.6 Å². The summed E-state index contributed by atoms with van der Waals surface area (Å²) < 4.78 is 18.6. The summed E-state index contributed by atoms with van der Waals surface area (Å²) in [7, 11) is 1.49. The molecule has 0 spiro atoms. The molecule has 3 nitrogen and oxygen atoms in total. The first-order chi connectivity index (χ1) is 10.2. The second kappa shape index (κ2) is 6.54. The van der Waals surface area contributed by atoms with Crippen molar-refractivity contribution >= 4 is 0 Å². The molecule has 0 heterocycles. The normalized spacial score (nSPS) is 11.2. The van der Waals surface area contributed by atoms with Crippen molar-refractivity contribution in [1.29, 1.82) is 10.5 Å². The summed E-state index contributed by atoms with van der Waals surface area (Å²) in [6.07, 6.45) is 0.433. The average Bonchev–Trinajstić information content (AvgIpc) is 2.53. The van der Waals surface area contributed by atoms with Crippen molar-refractivity contribution in [2.75, 3.05) is 7.11 Å². The van der Waals surface area contributed by atoms with E-state index >= 15 is 0 Å². The van der Waals surface area contributed by atoms with Crippen molar-refractivity contribution < 1.29 is 9.13 Å². The van der Waals surface area contributed by atoms with Gasteiger partial charge in [-0.25, -0.2) is 4.39 Å². The van der Waals surface area contributed by atoms with Crippen LogP contribution < -0.4 is 4.74 Å². The van der Waals surface area contributed by atoms with Gasteiger partial charge in [0.1, 0.15) is 11.6 Å². The Bertz CT molecular complexity index is 711. The highest BCUT2D eigenvalue weighted by Crippen LogP contribution is 2.29. The number of ether oxygens (including phenoxy) is 1. The Labute approximate surface area is 122 Å². The van der Waals surface area contributed by atoms with Crippen molar-refractivity contribution in [3.8, 4) is 17.9 Å². The molecule has 1 atom stereocenters. The predicted octanol–water partition coefficient (Wildman–Crippen LogP) is 3.56. The first-order valence-corrected chi connectivity index (χ1v) is 6.40. The van der Waals surface area contributed by atoms with Crippen LogP contribution in [0.5, 0.6) is 5.75 Å². The van der Waals surface area contributed by atoms with Gasteiger partial charge in [-0.15, -0.1) is 0 Å². The number of benzene rings is 2. The van der Waals surface area contributed by atoms with Gasteiger partial charge in [-0.3, -0.25) is 0 Å². The lowest BCUT2D eigenvalue weighted by atomic mass is 9.92. The van der Waals surface area contributed by atoms with Gasteiger partial charge in [0.05, 0.1) is 30.7 Å². The summed E-state index contributed by atoms with van der Waals surface area (Å²) >= 11 is 0. The Balaban J connectivity index is 2.30. The third kappa shape index (κ3) is 3.38. The molecule has 21 heavy (non-hydrogen) atoms. The molecule has 4 heteroatoms. The summed E-state index contributed by atoms with van der Waals surface area (Å²) in [5, 5.41) is 18.1. The summed E-state index contributed by atoms with van der Waals surface area (Å²) in [4.78, 5) is 0. The van der Waals surface area contributed by atoms with Crippen LogP contribution in [0.15, 0.2) is 42.5 Å². The van der Waals surface area contributed by atoms with E-state index in [0.29, 0.717) is 23.3 Å². The smallest absolute Gasteiger partial charge is 0.123 e. The Morgan fingerprint density at radius 1 is 1.14 bits per heavy atom. The van der Waals surface area contributed by atoms with Gasteiger partial charge in [0, 0.05) is 5.56 Å². The number of hydrogen-bond donors (Lipinski definition) is 0. The minimum absolute atomic E-state index is 0.397. The zero-order chi connectivity index (χ0) is 15.2. The first kappa shape index (κ1) is 14.6. The molecular weight excluding hydrogens is 267 g/mol. The second-order valence-electron chi connectivity index (χ2n) is 4.58. The van der Waals surface area contributed by atoms with E-state index in [4.69, 9.17) is 10.00 Å². The Morgan fingerprint density at radius 3 is 2.43 bits per heavy atom. The first-order valence-electron chi connectivity index (χ1n) is 6.40. The zero-order valence-electron chi connectivity index (χ0n) is 11.5. The van der Waals surface area contributed by atoms with Gasteiger partial charge in [-0.05, 0) is 42.3 Å². The monoisotopic (exact) mass is 280 g/mol. The van der Waals surface area contributed by atoms with E-state index in [-0.39, 0.29) is 0 Å². The summed E-state index contributed by atoms with van der Waals surface area (Å²) in [6, 6.07) is 15.4. The van der Waals surface area contributed by atoms with E-state index < -0.39 is 11.7 Å². The summed E-state index contributed by atoms with van der Waals surface area (Å²) in [6.45, 7) is 0. The third-order valence-corrected chi connectivity index (χ3v) is 3.25. The van der Waals surface area contributed by atoms with E-state index in [9.17, 15) is 9.65 Å². The maximum absolute atomic E-state index is 13.4. The topological polar surface area (TPSA) is 56.8 Å². The Kier molecular flexibility index (Phi) is 4.53. The fourth-order valence-corrected chi connectivity index (χ4v) is 2.15. The largest absolute Gasteiger partial charge is 0.496 e. The van der Waals surface area contributed by atoms with E-state index in [1.165, 1.54) is 25.3 Å². The van der Waals surface area contributed by atoms with Crippen LogP contribution in [0.2, 0.25) is 0 Å². The molecule has 2 aromatic rings. The predicted molar refractivity (Wildman–Crippen MR) is 76.2 cm³/mol. The van der Waals surface area contributed by atoms with E-state index in [0.717, 1.165) is 5.56 Å². The lowest BCUT2D eigenvalue weighted by molar-refractivity contribution is 0.406. The van der Waals surface area contributed by atoms with Gasteiger partial charge in [-0.2, -0.15) is 10.5 Å². The summed E-state index contributed by atoms with van der Waals surface area (Å²) in [5.74, 6) is -0.411. The lowest BCUT2D eigenvalue weighted by Crippen LogP contribution is -2.04. The molecule has 0 radical (unpaired) electrons. The molecule has 0 aliphatic carbocycles. The number of hydrogen-bond acceptors (Lipinski definition) is 3. The molecule has 0 saturated heterocycles. The zero-order valence-corrected chi connectivity index (χ0v) is 11.5. The van der Waals surface area contributed by atoms with Crippen LogP contribution in [0.4, 0.5) is 4.39 Å². The van der Waals surface area contributed by atoms with Crippen molar-refractivity contribution in [2.45, 2.75) is 12.3 Å². The van der Waals surface area contributed by atoms with Crippen LogP contribution >= 0.6 is 0 Å². The number of rotatable bonds is 4. The van der Waals surface area contributed by atoms with Crippen LogP contribution in [0, 0.1) is 28.5 Å². The highest BCUT2D eigenvalue weighted by molar-refractivity contribution is 5.41. The van der Waals surface area contributed by atoms with E-state index in [1.54, 1.807) is 24.3 Å². The minimum atomic E-state index is -0.511. The number of nitriles is 2. The van der Waals surface area contributed by atoms with Crippen LogP contribution in [-0.4, -0.2) is 7.11 Å². The van der Waals surface area contributed by atoms with Crippen LogP contribution in [0.3, 0.4) is 0 Å². The quantitative estimate of drug-likeness (QED) is 0.860. The second-order valence-corrected chi connectivity index (χ2v) is 4.58. The Hall–Kier alpha value is -2.85. The Morgan fingerprint density at radius 2 is 1.86 bits per heavy atom. The maximum atomic E-state index is 13.4. The molecule has 0 amide bonds. The standard InChI is InChI=1S/C17H13FN2O/c1-21-17-7-6-15(18)9-16(17)14(11-20)8-12-2-4-13(10-19)5-3-12/h2-7,9,14H,8H2,1H3. The van der Waals surface area contributed by atoms with Crippen molar-refractivity contribution in [3.05, 3.63) is 65.0 Å². The SMILES string of the molecule is COc1ccc(F)cc1C(C#N)Cc1ccc(C#N)cc1. The third-order valence-electron chi connectivity index (χ3n) is 3.25. The molecule has 0 fully saturated rings. The van der Waals surface area contributed by atoms with Crippen molar-refractivity contribution in [3.63, 3.8) is 0 Å². The van der Waals surface area contributed by atoms with Gasteiger partial charge >= 0.3 is 0 Å². The van der Waals surface area contributed by atoms with Crippen molar-refractivity contribution in [1.82, 2.24) is 0 Å². The van der Waals surface area contributed by atoms with Gasteiger partial charge in [0.2, 0.25) is 0 Å². The fourth-order valence-electron chi connectivity index (χ4n) is 2.15. The van der Waals surface area contributed by atoms with E-state index in [1.807, 2.05) is 6.07 Å². The van der Waals surface area contributed by atoms with Crippen LogP contribution in [0.25, 0.3) is 0 Å². The molecule has 0 aliphatic heterocycles. The highest BCUT2D eigenvalue weighted by atomic mass is 19.1. The molecule has 0 aromatic heterocycles. The molecule has 0 N–H and O–H groups in total. The molecule has 0 bridgehead atoms. The van der Waals surface area contributed by atoms with Gasteiger partial charge in [0.15, 0.2) is 0 Å². The molecule has 2 rings (SSSR count). The minimum Gasteiger partial charge on any atom is -0.496 e. The fraction of sp³-hybridized carbons (Fsp3) is 0.176. The van der Waals surface area contributed by atoms with Crippen molar-refractivity contribution in [2.24, 2.45) is 0 Å². The number of nitrogens with zero attached hydrogens (tertiary/aromatic N) is 2. The maximum Gasteiger partial charge on any atom is 0.123 e. The highest BCUT2D eigenvalue weighted by Gasteiger charge is 2.17. The van der Waals surface area contributed by atoms with Crippen LogP contribution in [-0.2, 0) is 6.42 Å². The van der Waals surface area contributed by atoms with Gasteiger partial charge in [0.25, 0.3) is 0 Å². The molecule has 104 valence electrons. The molecule has 1 unspecified atom stereocenters. The molecular formula is C17H13FN2O. The average molecular weight is 280 g/mol. The molecule has 2 aromatic carbocycles. The lowest BCUT2D eigenvalue weighted by Gasteiger charge is -2.14. The number of methoxy groups -OCH3 is 1. The van der Waals surface area contributed by atoms with E-state index in [2.05, 4.69) is 6.07 Å². The van der Waals surface area contributed by atoms with Gasteiger partial charge < -0.3 is 4.74 Å². The molecule has 0 saturated carbocycles. The van der Waals surface area contributed by atoms with Gasteiger partial charge in [-0.1, -0.05) is 12.1 Å². The summed E-state index contributed by atoms with van der Waals surface area (Å²) in [5.41, 5.74) is 2.01. The molecule has 0 aliphatic rings. The number of halogens is 1.